The molecule has 0 saturated carbocycles. The zero-order chi connectivity index (χ0) is 15.4. The van der Waals surface area contributed by atoms with E-state index in [2.05, 4.69) is 25.8 Å². The summed E-state index contributed by atoms with van der Waals surface area (Å²) < 4.78 is 0. The summed E-state index contributed by atoms with van der Waals surface area (Å²) in [5.74, 6) is -1.08. The molecule has 4 N–H and O–H groups in total. The molecular weight excluding hydrogens is 294 g/mol. The third-order valence-electron chi connectivity index (χ3n) is 2.83. The van der Waals surface area contributed by atoms with E-state index in [1.165, 1.54) is 16.7 Å². The number of nitrogens with zero attached hydrogens (tertiary/aromatic N) is 2. The normalized spacial score (nSPS) is 13.4. The van der Waals surface area contributed by atoms with Crippen LogP contribution >= 0.6 is 11.3 Å². The number of rotatable bonds is 5. The maximum atomic E-state index is 11.9. The van der Waals surface area contributed by atoms with E-state index in [1.54, 1.807) is 19.3 Å². The van der Waals surface area contributed by atoms with Gasteiger partial charge in [-0.25, -0.2) is 14.6 Å². The molecule has 2 aromatic heterocycles. The second-order valence-corrected chi connectivity index (χ2v) is 5.36. The minimum absolute atomic E-state index is 0.0178. The van der Waals surface area contributed by atoms with Gasteiger partial charge in [-0.3, -0.25) is 5.10 Å². The summed E-state index contributed by atoms with van der Waals surface area (Å²) in [6.07, 6.45) is 3.34. The molecule has 2 rings (SSSR count). The van der Waals surface area contributed by atoms with Gasteiger partial charge in [-0.15, -0.1) is 11.3 Å². The van der Waals surface area contributed by atoms with Gasteiger partial charge in [0, 0.05) is 17.1 Å². The molecule has 8 nitrogen and oxygen atoms in total. The highest BCUT2D eigenvalue weighted by molar-refractivity contribution is 7.09. The lowest BCUT2D eigenvalue weighted by molar-refractivity contribution is 0.0691. The lowest BCUT2D eigenvalue weighted by Crippen LogP contribution is -2.38. The average molecular weight is 309 g/mol. The van der Waals surface area contributed by atoms with E-state index >= 15 is 0 Å². The Bertz CT molecular complexity index is 625. The number of hydrogen-bond donors (Lipinski definition) is 4. The van der Waals surface area contributed by atoms with Crippen molar-refractivity contribution in [2.24, 2.45) is 0 Å². The van der Waals surface area contributed by atoms with Crippen molar-refractivity contribution >= 4 is 23.3 Å². The van der Waals surface area contributed by atoms with Gasteiger partial charge in [-0.05, 0) is 13.8 Å². The van der Waals surface area contributed by atoms with Gasteiger partial charge in [-0.2, -0.15) is 5.10 Å². The smallest absolute Gasteiger partial charge is 0.355 e. The van der Waals surface area contributed by atoms with Crippen LogP contribution in [0.1, 0.15) is 47.0 Å². The Balaban J connectivity index is 1.91. The van der Waals surface area contributed by atoms with Crippen LogP contribution in [0, 0.1) is 0 Å². The third kappa shape index (κ3) is 3.78. The Morgan fingerprint density at radius 3 is 2.62 bits per heavy atom. The van der Waals surface area contributed by atoms with E-state index in [1.807, 2.05) is 6.92 Å². The van der Waals surface area contributed by atoms with Gasteiger partial charge in [-0.1, -0.05) is 0 Å². The zero-order valence-corrected chi connectivity index (χ0v) is 12.3. The monoisotopic (exact) mass is 309 g/mol. The number of aromatic nitrogens is 3. The second-order valence-electron chi connectivity index (χ2n) is 4.47. The number of thiazole rings is 1. The van der Waals surface area contributed by atoms with Crippen molar-refractivity contribution in [2.45, 2.75) is 25.9 Å². The largest absolute Gasteiger partial charge is 0.476 e. The summed E-state index contributed by atoms with van der Waals surface area (Å²) in [5, 5.41) is 22.8. The summed E-state index contributed by atoms with van der Waals surface area (Å²) in [5.41, 5.74) is 0.844. The molecule has 0 bridgehead atoms. The topological polar surface area (TPSA) is 120 Å². The van der Waals surface area contributed by atoms with Crippen molar-refractivity contribution < 1.29 is 14.7 Å². The molecule has 0 aliphatic heterocycles. The molecule has 2 unspecified atom stereocenters. The number of aromatic carboxylic acids is 1. The van der Waals surface area contributed by atoms with Crippen LogP contribution in [-0.2, 0) is 0 Å². The molecule has 2 atom stereocenters. The third-order valence-corrected chi connectivity index (χ3v) is 3.85. The van der Waals surface area contributed by atoms with Gasteiger partial charge in [0.25, 0.3) is 0 Å². The molecule has 21 heavy (non-hydrogen) atoms. The Labute approximate surface area is 124 Å². The highest BCUT2D eigenvalue weighted by Gasteiger charge is 2.17. The second kappa shape index (κ2) is 6.35. The number of hydrogen-bond acceptors (Lipinski definition) is 5. The van der Waals surface area contributed by atoms with Gasteiger partial charge in [0.15, 0.2) is 5.69 Å². The first-order chi connectivity index (χ1) is 9.97. The van der Waals surface area contributed by atoms with Crippen LogP contribution < -0.4 is 10.6 Å². The molecule has 0 aliphatic carbocycles. The molecule has 2 heterocycles. The first-order valence-electron chi connectivity index (χ1n) is 6.21. The predicted octanol–water partition coefficient (Wildman–Crippen LogP) is 1.69. The molecular formula is C12H15N5O3S. The summed E-state index contributed by atoms with van der Waals surface area (Å²) in [6, 6.07) is -0.926. The Hall–Kier alpha value is -2.42. The molecule has 112 valence electrons. The molecule has 0 aromatic carbocycles. The standard InChI is InChI=1S/C12H15N5O3S/c1-6(8-3-13-14-4-8)15-12(20)16-7(2)10-17-9(5-21-10)11(18)19/h3-7H,1-2H3,(H,13,14)(H,18,19)(H2,15,16,20). The number of carbonyl (C=O) groups is 2. The van der Waals surface area contributed by atoms with Gasteiger partial charge in [0.05, 0.1) is 18.3 Å². The van der Waals surface area contributed by atoms with Crippen molar-refractivity contribution in [1.82, 2.24) is 25.8 Å². The number of amides is 2. The molecule has 0 fully saturated rings. The van der Waals surface area contributed by atoms with Crippen LogP contribution in [0.4, 0.5) is 4.79 Å². The maximum Gasteiger partial charge on any atom is 0.355 e. The van der Waals surface area contributed by atoms with E-state index in [0.717, 1.165) is 5.56 Å². The molecule has 2 aromatic rings. The van der Waals surface area contributed by atoms with Gasteiger partial charge in [0.1, 0.15) is 5.01 Å². The lowest BCUT2D eigenvalue weighted by Gasteiger charge is -2.16. The van der Waals surface area contributed by atoms with Gasteiger partial charge in [0.2, 0.25) is 0 Å². The van der Waals surface area contributed by atoms with Crippen molar-refractivity contribution in [3.8, 4) is 0 Å². The number of carbonyl (C=O) groups excluding carboxylic acids is 1. The Kier molecular flexibility index (Phi) is 4.53. The predicted molar refractivity (Wildman–Crippen MR) is 76.2 cm³/mol. The van der Waals surface area contributed by atoms with Crippen LogP contribution in [0.2, 0.25) is 0 Å². The lowest BCUT2D eigenvalue weighted by atomic mass is 10.2. The van der Waals surface area contributed by atoms with Crippen molar-refractivity contribution in [1.29, 1.82) is 0 Å². The fourth-order valence-corrected chi connectivity index (χ4v) is 2.46. The minimum atomic E-state index is -1.08. The fourth-order valence-electron chi connectivity index (χ4n) is 1.66. The first kappa shape index (κ1) is 15.0. The van der Waals surface area contributed by atoms with Crippen molar-refractivity contribution in [3.63, 3.8) is 0 Å². The first-order valence-corrected chi connectivity index (χ1v) is 7.09. The van der Waals surface area contributed by atoms with Crippen LogP contribution in [-0.4, -0.2) is 32.3 Å². The molecule has 0 saturated heterocycles. The number of aromatic amines is 1. The van der Waals surface area contributed by atoms with E-state index in [-0.39, 0.29) is 23.8 Å². The summed E-state index contributed by atoms with van der Waals surface area (Å²) >= 11 is 1.20. The number of nitrogens with one attached hydrogen (secondary N) is 3. The molecule has 0 radical (unpaired) electrons. The number of carboxylic acids is 1. The molecule has 0 spiro atoms. The molecule has 9 heteroatoms. The highest BCUT2D eigenvalue weighted by atomic mass is 32.1. The minimum Gasteiger partial charge on any atom is -0.476 e. The van der Waals surface area contributed by atoms with E-state index in [4.69, 9.17) is 5.11 Å². The maximum absolute atomic E-state index is 11.9. The van der Waals surface area contributed by atoms with Crippen molar-refractivity contribution in [3.05, 3.63) is 34.0 Å². The van der Waals surface area contributed by atoms with Crippen LogP contribution in [0.25, 0.3) is 0 Å². The SMILES string of the molecule is CC(NC(=O)NC(C)c1nc(C(=O)O)cs1)c1cn[nH]c1. The van der Waals surface area contributed by atoms with E-state index in [0.29, 0.717) is 5.01 Å². The fraction of sp³-hybridized carbons (Fsp3) is 0.333. The van der Waals surface area contributed by atoms with Gasteiger partial charge >= 0.3 is 12.0 Å². The Morgan fingerprint density at radius 1 is 1.33 bits per heavy atom. The summed E-state index contributed by atoms with van der Waals surface area (Å²) in [6.45, 7) is 3.58. The number of urea groups is 1. The molecule has 0 aliphatic rings. The van der Waals surface area contributed by atoms with E-state index in [9.17, 15) is 9.59 Å². The molecule has 2 amide bonds. The van der Waals surface area contributed by atoms with Crippen LogP contribution in [0.15, 0.2) is 17.8 Å². The summed E-state index contributed by atoms with van der Waals surface area (Å²) in [4.78, 5) is 26.6. The van der Waals surface area contributed by atoms with Crippen molar-refractivity contribution in [2.75, 3.05) is 0 Å². The zero-order valence-electron chi connectivity index (χ0n) is 11.5. The number of H-pyrrole nitrogens is 1. The van der Waals surface area contributed by atoms with Gasteiger partial charge < -0.3 is 15.7 Å². The van der Waals surface area contributed by atoms with Crippen LogP contribution in [0.3, 0.4) is 0 Å². The highest BCUT2D eigenvalue weighted by Crippen LogP contribution is 2.18. The number of carboxylic acid groups (broad SMARTS) is 1. The Morgan fingerprint density at radius 2 is 2.05 bits per heavy atom. The quantitative estimate of drug-likeness (QED) is 0.670. The average Bonchev–Trinajstić information content (AvgIpc) is 3.10. The van der Waals surface area contributed by atoms with E-state index < -0.39 is 5.97 Å². The summed E-state index contributed by atoms with van der Waals surface area (Å²) in [7, 11) is 0. The van der Waals surface area contributed by atoms with Crippen LogP contribution in [0.5, 0.6) is 0 Å².